The number of benzene rings is 1. The van der Waals surface area contributed by atoms with Gasteiger partial charge in [-0.25, -0.2) is 0 Å². The molecule has 0 aromatic heterocycles. The van der Waals surface area contributed by atoms with Crippen molar-refractivity contribution in [1.29, 1.82) is 0 Å². The van der Waals surface area contributed by atoms with E-state index >= 15 is 0 Å². The van der Waals surface area contributed by atoms with E-state index in [-0.39, 0.29) is 0 Å². The maximum atomic E-state index is 10.3. The molecule has 0 spiro atoms. The van der Waals surface area contributed by atoms with Crippen LogP contribution >= 0.6 is 0 Å². The van der Waals surface area contributed by atoms with Gasteiger partial charge in [-0.3, -0.25) is 4.79 Å². The van der Waals surface area contributed by atoms with Gasteiger partial charge in [-0.05, 0) is 29.9 Å². The molecule has 0 N–H and O–H groups in total. The topological polar surface area (TPSA) is 26.3 Å². The van der Waals surface area contributed by atoms with Crippen LogP contribution in [0.4, 0.5) is 0 Å². The van der Waals surface area contributed by atoms with Gasteiger partial charge < -0.3 is 4.74 Å². The fourth-order valence-corrected chi connectivity index (χ4v) is 1.68. The van der Waals surface area contributed by atoms with Crippen molar-refractivity contribution in [1.82, 2.24) is 0 Å². The van der Waals surface area contributed by atoms with Crippen molar-refractivity contribution >= 4 is 6.29 Å². The summed E-state index contributed by atoms with van der Waals surface area (Å²) in [5.41, 5.74) is 2.96. The lowest BCUT2D eigenvalue weighted by atomic mass is 9.94. The lowest BCUT2D eigenvalue weighted by molar-refractivity contribution is -0.103. The average molecular weight is 216 g/mol. The summed E-state index contributed by atoms with van der Waals surface area (Å²) < 4.78 is 5.35. The number of carbonyl (C=O) groups is 1. The van der Waals surface area contributed by atoms with Crippen LogP contribution in [0.25, 0.3) is 0 Å². The smallest absolute Gasteiger partial charge is 0.193 e. The van der Waals surface area contributed by atoms with Crippen LogP contribution in [0.15, 0.2) is 12.1 Å². The molecule has 0 atom stereocenters. The van der Waals surface area contributed by atoms with Crippen molar-refractivity contribution in [3.63, 3.8) is 0 Å². The molecule has 2 heteroatoms. The van der Waals surface area contributed by atoms with Crippen LogP contribution in [-0.4, -0.2) is 13.4 Å². The molecule has 2 nitrogen and oxygen atoms in total. The molecular formula is C14H16O2. The summed E-state index contributed by atoms with van der Waals surface area (Å²) in [6, 6.07) is 4.05. The van der Waals surface area contributed by atoms with Gasteiger partial charge in [0.05, 0.1) is 12.7 Å². The van der Waals surface area contributed by atoms with E-state index in [1.165, 1.54) is 0 Å². The normalized spacial score (nSPS) is 9.56. The standard InChI is InChI=1S/C14H16O2/c1-10(2)12-8-7-11(3)14(16-4)13(12)6-5-9-15/h7-10H,1-4H3. The highest BCUT2D eigenvalue weighted by molar-refractivity contribution is 5.75. The highest BCUT2D eigenvalue weighted by Crippen LogP contribution is 2.30. The largest absolute Gasteiger partial charge is 0.495 e. The molecule has 0 saturated carbocycles. The highest BCUT2D eigenvalue weighted by atomic mass is 16.5. The van der Waals surface area contributed by atoms with Gasteiger partial charge in [0.1, 0.15) is 5.75 Å². The SMILES string of the molecule is COc1c(C)ccc(C(C)C)c1C#CC=O. The van der Waals surface area contributed by atoms with E-state index in [1.807, 2.05) is 19.1 Å². The van der Waals surface area contributed by atoms with Gasteiger partial charge in [0.2, 0.25) is 0 Å². The lowest BCUT2D eigenvalue weighted by Gasteiger charge is -2.14. The number of rotatable bonds is 2. The van der Waals surface area contributed by atoms with Gasteiger partial charge in [0, 0.05) is 0 Å². The number of aryl methyl sites for hydroxylation is 1. The molecule has 0 unspecified atom stereocenters. The first-order chi connectivity index (χ1) is 7.61. The van der Waals surface area contributed by atoms with E-state index in [0.717, 1.165) is 22.4 Å². The zero-order chi connectivity index (χ0) is 12.1. The molecule has 0 aliphatic rings. The summed E-state index contributed by atoms with van der Waals surface area (Å²) in [5.74, 6) is 6.43. The first kappa shape index (κ1) is 12.3. The molecule has 1 aromatic carbocycles. The maximum absolute atomic E-state index is 10.3. The highest BCUT2D eigenvalue weighted by Gasteiger charge is 2.12. The third kappa shape index (κ3) is 2.43. The Hall–Kier alpha value is -1.75. The van der Waals surface area contributed by atoms with E-state index in [4.69, 9.17) is 4.74 Å². The molecule has 16 heavy (non-hydrogen) atoms. The minimum Gasteiger partial charge on any atom is -0.495 e. The molecule has 1 rings (SSSR count). The van der Waals surface area contributed by atoms with Gasteiger partial charge in [-0.2, -0.15) is 0 Å². The Morgan fingerprint density at radius 2 is 2.06 bits per heavy atom. The molecule has 0 amide bonds. The molecule has 1 aromatic rings. The number of hydrogen-bond acceptors (Lipinski definition) is 2. The fraction of sp³-hybridized carbons (Fsp3) is 0.357. The zero-order valence-corrected chi connectivity index (χ0v) is 10.1. The van der Waals surface area contributed by atoms with E-state index in [1.54, 1.807) is 7.11 Å². The van der Waals surface area contributed by atoms with Crippen LogP contribution in [0.1, 0.15) is 36.5 Å². The summed E-state index contributed by atoms with van der Waals surface area (Å²) >= 11 is 0. The fourth-order valence-electron chi connectivity index (χ4n) is 1.68. The molecular weight excluding hydrogens is 200 g/mol. The Bertz CT molecular complexity index is 448. The molecule has 0 aliphatic heterocycles. The van der Waals surface area contributed by atoms with Crippen molar-refractivity contribution in [2.75, 3.05) is 7.11 Å². The van der Waals surface area contributed by atoms with E-state index in [2.05, 4.69) is 25.7 Å². The summed E-state index contributed by atoms with van der Waals surface area (Å²) in [7, 11) is 1.62. The zero-order valence-electron chi connectivity index (χ0n) is 10.1. The van der Waals surface area contributed by atoms with Gasteiger partial charge >= 0.3 is 0 Å². The first-order valence-electron chi connectivity index (χ1n) is 5.24. The van der Waals surface area contributed by atoms with E-state index in [9.17, 15) is 4.79 Å². The van der Waals surface area contributed by atoms with Crippen LogP contribution in [0, 0.1) is 18.8 Å². The van der Waals surface area contributed by atoms with Gasteiger partial charge in [-0.1, -0.05) is 31.9 Å². The van der Waals surface area contributed by atoms with Crippen molar-refractivity contribution in [2.45, 2.75) is 26.7 Å². The van der Waals surface area contributed by atoms with Crippen LogP contribution < -0.4 is 4.74 Å². The number of carbonyl (C=O) groups excluding carboxylic acids is 1. The molecule has 0 radical (unpaired) electrons. The van der Waals surface area contributed by atoms with E-state index in [0.29, 0.717) is 12.2 Å². The number of aldehydes is 1. The Kier molecular flexibility index (Phi) is 4.13. The Balaban J connectivity index is 3.46. The van der Waals surface area contributed by atoms with Crippen molar-refractivity contribution in [3.05, 3.63) is 28.8 Å². The predicted molar refractivity (Wildman–Crippen MR) is 64.8 cm³/mol. The summed E-state index contributed by atoms with van der Waals surface area (Å²) in [6.07, 6.45) is 0.603. The molecule has 0 heterocycles. The second kappa shape index (κ2) is 5.37. The number of hydrogen-bond donors (Lipinski definition) is 0. The van der Waals surface area contributed by atoms with Crippen molar-refractivity contribution in [2.24, 2.45) is 0 Å². The predicted octanol–water partition coefficient (Wildman–Crippen LogP) is 2.68. The van der Waals surface area contributed by atoms with Crippen molar-refractivity contribution < 1.29 is 9.53 Å². The van der Waals surface area contributed by atoms with Crippen LogP contribution in [-0.2, 0) is 4.79 Å². The summed E-state index contributed by atoms with van der Waals surface area (Å²) in [5, 5.41) is 0. The molecule has 0 saturated heterocycles. The summed E-state index contributed by atoms with van der Waals surface area (Å²) in [4.78, 5) is 10.3. The minimum absolute atomic E-state index is 0.352. The van der Waals surface area contributed by atoms with Crippen LogP contribution in [0.2, 0.25) is 0 Å². The second-order valence-corrected chi connectivity index (χ2v) is 3.92. The lowest BCUT2D eigenvalue weighted by Crippen LogP contribution is -1.99. The second-order valence-electron chi connectivity index (χ2n) is 3.92. The number of methoxy groups -OCH3 is 1. The van der Waals surface area contributed by atoms with Crippen molar-refractivity contribution in [3.8, 4) is 17.6 Å². The first-order valence-corrected chi connectivity index (χ1v) is 5.24. The Labute approximate surface area is 96.6 Å². The van der Waals surface area contributed by atoms with Gasteiger partial charge in [-0.15, -0.1) is 0 Å². The Morgan fingerprint density at radius 3 is 2.56 bits per heavy atom. The third-order valence-corrected chi connectivity index (χ3v) is 2.47. The van der Waals surface area contributed by atoms with E-state index < -0.39 is 0 Å². The quantitative estimate of drug-likeness (QED) is 0.561. The van der Waals surface area contributed by atoms with Gasteiger partial charge in [0.15, 0.2) is 6.29 Å². The van der Waals surface area contributed by atoms with Crippen LogP contribution in [0.3, 0.4) is 0 Å². The summed E-state index contributed by atoms with van der Waals surface area (Å²) in [6.45, 7) is 6.15. The molecule has 0 aliphatic carbocycles. The van der Waals surface area contributed by atoms with Crippen LogP contribution in [0.5, 0.6) is 5.75 Å². The Morgan fingerprint density at radius 1 is 1.38 bits per heavy atom. The maximum Gasteiger partial charge on any atom is 0.193 e. The molecule has 84 valence electrons. The van der Waals surface area contributed by atoms with Gasteiger partial charge in [0.25, 0.3) is 0 Å². The number of ether oxygens (including phenoxy) is 1. The minimum atomic E-state index is 0.352. The third-order valence-electron chi connectivity index (χ3n) is 2.47. The average Bonchev–Trinajstić information content (AvgIpc) is 2.25. The monoisotopic (exact) mass is 216 g/mol. The molecule has 0 bridgehead atoms. The molecule has 0 fully saturated rings.